The number of aryl methyl sites for hydroxylation is 1. The highest BCUT2D eigenvalue weighted by molar-refractivity contribution is 8.19. The van der Waals surface area contributed by atoms with Crippen molar-refractivity contribution in [2.45, 2.75) is 13.8 Å². The second-order valence-corrected chi connectivity index (χ2v) is 9.27. The molecule has 184 valence electrons. The summed E-state index contributed by atoms with van der Waals surface area (Å²) in [4.78, 5) is 39.1. The lowest BCUT2D eigenvalue weighted by Gasteiger charge is -2.13. The van der Waals surface area contributed by atoms with Gasteiger partial charge in [-0.15, -0.1) is 0 Å². The second kappa shape index (κ2) is 11.3. The van der Waals surface area contributed by atoms with Crippen LogP contribution in [0.25, 0.3) is 6.08 Å². The third kappa shape index (κ3) is 6.08. The Morgan fingerprint density at radius 1 is 1.00 bits per heavy atom. The average Bonchev–Trinajstić information content (AvgIpc) is 3.13. The third-order valence-electron chi connectivity index (χ3n) is 5.14. The van der Waals surface area contributed by atoms with Gasteiger partial charge in [0.15, 0.2) is 18.1 Å². The maximum absolute atomic E-state index is 12.9. The molecule has 0 aromatic heterocycles. The zero-order valence-corrected chi connectivity index (χ0v) is 21.2. The highest BCUT2D eigenvalue weighted by atomic mass is 35.5. The first-order valence-corrected chi connectivity index (χ1v) is 12.3. The topological polar surface area (TPSA) is 84.9 Å². The van der Waals surface area contributed by atoms with Crippen LogP contribution in [0.1, 0.15) is 18.1 Å². The predicted molar refractivity (Wildman–Crippen MR) is 143 cm³/mol. The number of amides is 3. The molecule has 7 nitrogen and oxygen atoms in total. The molecule has 1 aliphatic heterocycles. The normalized spacial score (nSPS) is 14.3. The first kappa shape index (κ1) is 25.3. The van der Waals surface area contributed by atoms with E-state index in [1.807, 2.05) is 38.1 Å². The molecule has 0 saturated carbocycles. The van der Waals surface area contributed by atoms with E-state index >= 15 is 0 Å². The fraction of sp³-hybridized carbons (Fsp3) is 0.148. The van der Waals surface area contributed by atoms with Gasteiger partial charge in [-0.2, -0.15) is 0 Å². The van der Waals surface area contributed by atoms with Crippen LogP contribution in [0, 0.1) is 6.92 Å². The van der Waals surface area contributed by atoms with Crippen molar-refractivity contribution in [3.63, 3.8) is 0 Å². The molecule has 1 aliphatic rings. The smallest absolute Gasteiger partial charge is 0.298 e. The first-order chi connectivity index (χ1) is 17.3. The van der Waals surface area contributed by atoms with Gasteiger partial charge in [0.05, 0.1) is 17.2 Å². The molecule has 0 aliphatic carbocycles. The Hall–Kier alpha value is -3.75. The molecule has 1 fully saturated rings. The molecule has 3 aromatic carbocycles. The molecule has 0 atom stereocenters. The van der Waals surface area contributed by atoms with Gasteiger partial charge in [-0.05, 0) is 85.8 Å². The summed E-state index contributed by atoms with van der Waals surface area (Å²) >= 11 is 6.77. The van der Waals surface area contributed by atoms with E-state index in [0.29, 0.717) is 40.1 Å². The lowest BCUT2D eigenvalue weighted by atomic mass is 10.1. The number of anilines is 2. The third-order valence-corrected chi connectivity index (χ3v) is 6.26. The number of carbonyl (C=O) groups excluding carboxylic acids is 3. The van der Waals surface area contributed by atoms with Gasteiger partial charge in [0.25, 0.3) is 17.1 Å². The molecule has 0 radical (unpaired) electrons. The summed E-state index contributed by atoms with van der Waals surface area (Å²) in [5.41, 5.74) is 2.88. The van der Waals surface area contributed by atoms with Crippen LogP contribution >= 0.6 is 23.4 Å². The molecule has 9 heteroatoms. The van der Waals surface area contributed by atoms with Crippen molar-refractivity contribution in [2.24, 2.45) is 0 Å². The number of nitrogens with zero attached hydrogens (tertiary/aromatic N) is 1. The molecule has 3 aromatic rings. The fourth-order valence-corrected chi connectivity index (χ4v) is 4.38. The molecule has 0 bridgehead atoms. The minimum Gasteiger partial charge on any atom is -0.490 e. The first-order valence-electron chi connectivity index (χ1n) is 11.1. The Balaban J connectivity index is 1.47. The van der Waals surface area contributed by atoms with Crippen LogP contribution in [0.2, 0.25) is 5.02 Å². The van der Waals surface area contributed by atoms with Gasteiger partial charge in [-0.1, -0.05) is 35.4 Å². The Kier molecular flexibility index (Phi) is 7.97. The van der Waals surface area contributed by atoms with Gasteiger partial charge >= 0.3 is 0 Å². The highest BCUT2D eigenvalue weighted by Crippen LogP contribution is 2.37. The molecule has 0 spiro atoms. The van der Waals surface area contributed by atoms with Crippen LogP contribution in [0.15, 0.2) is 71.6 Å². The molecular weight excluding hydrogens is 500 g/mol. The van der Waals surface area contributed by atoms with Gasteiger partial charge < -0.3 is 14.8 Å². The van der Waals surface area contributed by atoms with Gasteiger partial charge in [-0.25, -0.2) is 4.90 Å². The molecule has 1 heterocycles. The summed E-state index contributed by atoms with van der Waals surface area (Å²) in [6, 6.07) is 19.0. The van der Waals surface area contributed by atoms with Crippen molar-refractivity contribution in [1.82, 2.24) is 0 Å². The molecule has 36 heavy (non-hydrogen) atoms. The fourth-order valence-electron chi connectivity index (χ4n) is 3.41. The number of benzene rings is 3. The number of hydrogen-bond donors (Lipinski definition) is 1. The lowest BCUT2D eigenvalue weighted by Crippen LogP contribution is -2.27. The predicted octanol–water partition coefficient (Wildman–Crippen LogP) is 6.31. The van der Waals surface area contributed by atoms with E-state index in [2.05, 4.69) is 5.32 Å². The Bertz CT molecular complexity index is 1320. The van der Waals surface area contributed by atoms with E-state index in [1.54, 1.807) is 48.5 Å². The number of imide groups is 1. The summed E-state index contributed by atoms with van der Waals surface area (Å²) in [6.07, 6.45) is 1.62. The summed E-state index contributed by atoms with van der Waals surface area (Å²) in [6.45, 7) is 3.98. The van der Waals surface area contributed by atoms with Crippen LogP contribution in [0.4, 0.5) is 16.2 Å². The maximum atomic E-state index is 12.9. The highest BCUT2D eigenvalue weighted by Gasteiger charge is 2.36. The number of thioether (sulfide) groups is 1. The molecule has 1 N–H and O–H groups in total. The van der Waals surface area contributed by atoms with Crippen molar-refractivity contribution in [3.8, 4) is 11.5 Å². The van der Waals surface area contributed by atoms with Gasteiger partial charge in [0.1, 0.15) is 0 Å². The minimum atomic E-state index is -0.418. The van der Waals surface area contributed by atoms with Crippen molar-refractivity contribution in [2.75, 3.05) is 23.4 Å². The summed E-state index contributed by atoms with van der Waals surface area (Å²) in [5.74, 6) is 0.0910. The number of halogens is 1. The van der Waals surface area contributed by atoms with Crippen LogP contribution in [-0.4, -0.2) is 30.3 Å². The van der Waals surface area contributed by atoms with Gasteiger partial charge in [0.2, 0.25) is 0 Å². The summed E-state index contributed by atoms with van der Waals surface area (Å²) in [5, 5.41) is 2.90. The van der Waals surface area contributed by atoms with Gasteiger partial charge in [-0.3, -0.25) is 14.4 Å². The molecule has 1 saturated heterocycles. The number of hydrogen-bond acceptors (Lipinski definition) is 6. The average molecular weight is 523 g/mol. The quantitative estimate of drug-likeness (QED) is 0.349. The monoisotopic (exact) mass is 522 g/mol. The molecule has 0 unspecified atom stereocenters. The summed E-state index contributed by atoms with van der Waals surface area (Å²) < 4.78 is 11.4. The number of carbonyl (C=O) groups is 3. The Morgan fingerprint density at radius 2 is 1.72 bits per heavy atom. The Morgan fingerprint density at radius 3 is 2.42 bits per heavy atom. The zero-order chi connectivity index (χ0) is 25.7. The van der Waals surface area contributed by atoms with Crippen LogP contribution in [-0.2, 0) is 9.59 Å². The summed E-state index contributed by atoms with van der Waals surface area (Å²) in [7, 11) is 0. The molecular formula is C27H23ClN2O5S. The van der Waals surface area contributed by atoms with E-state index in [9.17, 15) is 14.4 Å². The van der Waals surface area contributed by atoms with Crippen LogP contribution < -0.4 is 19.7 Å². The number of nitrogens with one attached hydrogen (secondary N) is 1. The molecule has 3 amide bonds. The molecule has 4 rings (SSSR count). The minimum absolute atomic E-state index is 0.201. The zero-order valence-electron chi connectivity index (χ0n) is 19.6. The maximum Gasteiger partial charge on any atom is 0.298 e. The second-order valence-electron chi connectivity index (χ2n) is 7.84. The van der Waals surface area contributed by atoms with E-state index in [1.165, 1.54) is 0 Å². The van der Waals surface area contributed by atoms with E-state index in [-0.39, 0.29) is 17.4 Å². The largest absolute Gasteiger partial charge is 0.490 e. The standard InChI is InChI=1S/C27H23ClN2O5S/c1-3-34-23-14-18(6-13-22(23)35-16-25(31)29-20-9-4-17(2)5-10-20)15-24-26(32)30(27(33)36-24)21-11-7-19(28)8-12-21/h4-15H,3,16H2,1-2H3,(H,29,31)/b24-15+. The van der Waals surface area contributed by atoms with E-state index in [0.717, 1.165) is 22.2 Å². The van der Waals surface area contributed by atoms with Crippen LogP contribution in [0.5, 0.6) is 11.5 Å². The SMILES string of the molecule is CCOc1cc(/C=C2/SC(=O)N(c3ccc(Cl)cc3)C2=O)ccc1OCC(=O)Nc1ccc(C)cc1. The van der Waals surface area contributed by atoms with Crippen molar-refractivity contribution in [1.29, 1.82) is 0 Å². The van der Waals surface area contributed by atoms with Crippen molar-refractivity contribution >= 4 is 57.9 Å². The Labute approximate surface area is 218 Å². The van der Waals surface area contributed by atoms with Gasteiger partial charge in [0, 0.05) is 10.7 Å². The van der Waals surface area contributed by atoms with Crippen molar-refractivity contribution in [3.05, 3.63) is 87.8 Å². The van der Waals surface area contributed by atoms with Crippen molar-refractivity contribution < 1.29 is 23.9 Å². The van der Waals surface area contributed by atoms with E-state index in [4.69, 9.17) is 21.1 Å². The lowest BCUT2D eigenvalue weighted by molar-refractivity contribution is -0.118. The number of rotatable bonds is 8. The van der Waals surface area contributed by atoms with Crippen LogP contribution in [0.3, 0.4) is 0 Å². The number of ether oxygens (including phenoxy) is 2. The van der Waals surface area contributed by atoms with E-state index < -0.39 is 11.1 Å².